The summed E-state index contributed by atoms with van der Waals surface area (Å²) in [5, 5.41) is 13.2. The summed E-state index contributed by atoms with van der Waals surface area (Å²) in [5.74, 6) is 0.488. The van der Waals surface area contributed by atoms with Crippen molar-refractivity contribution in [3.8, 4) is 0 Å². The molecule has 4 nitrogen and oxygen atoms in total. The van der Waals surface area contributed by atoms with Crippen molar-refractivity contribution in [2.45, 2.75) is 52.0 Å². The molecule has 2 N–H and O–H groups in total. The van der Waals surface area contributed by atoms with Gasteiger partial charge in [-0.2, -0.15) is 0 Å². The number of aryl methyl sites for hydroxylation is 1. The molecule has 5 rings (SSSR count). The summed E-state index contributed by atoms with van der Waals surface area (Å²) in [5.41, 5.74) is 2.26. The van der Waals surface area contributed by atoms with E-state index in [1.54, 1.807) is 10.8 Å². The van der Waals surface area contributed by atoms with Gasteiger partial charge in [0, 0.05) is 24.7 Å². The lowest BCUT2D eigenvalue weighted by Gasteiger charge is -2.46. The fourth-order valence-electron chi connectivity index (χ4n) is 5.02. The highest BCUT2D eigenvalue weighted by molar-refractivity contribution is 6.08. The van der Waals surface area contributed by atoms with E-state index in [1.807, 2.05) is 6.92 Å². The first-order chi connectivity index (χ1) is 12.5. The fraction of sp³-hybridized carbons (Fsp3) is 0.571. The Bertz CT molecular complexity index is 820. The van der Waals surface area contributed by atoms with E-state index < -0.39 is 0 Å². The van der Waals surface area contributed by atoms with Crippen molar-refractivity contribution in [1.82, 2.24) is 9.88 Å². The second-order valence-corrected chi connectivity index (χ2v) is 8.24. The molecule has 0 saturated heterocycles. The number of nitrogens with one attached hydrogen (secondary N) is 1. The summed E-state index contributed by atoms with van der Waals surface area (Å²) in [6.07, 6.45) is 9.29. The molecule has 3 aliphatic rings. The van der Waals surface area contributed by atoms with E-state index in [1.165, 1.54) is 50.7 Å². The molecule has 140 valence electrons. The molecule has 26 heavy (non-hydrogen) atoms. The number of hydrogen-bond acceptors (Lipinski definition) is 2. The minimum atomic E-state index is -0.322. The number of aromatic nitrogens is 1. The molecule has 0 atom stereocenters. The largest absolute Gasteiger partial charge is 0.395 e. The van der Waals surface area contributed by atoms with Gasteiger partial charge in [-0.25, -0.2) is 4.39 Å². The Labute approximate surface area is 153 Å². The first-order valence-corrected chi connectivity index (χ1v) is 9.69. The van der Waals surface area contributed by atoms with Gasteiger partial charge in [-0.1, -0.05) is 0 Å². The summed E-state index contributed by atoms with van der Waals surface area (Å²) >= 11 is 0. The topological polar surface area (TPSA) is 54.3 Å². The third-order valence-corrected chi connectivity index (χ3v) is 6.60. The number of halogens is 1. The molecule has 5 heteroatoms. The van der Waals surface area contributed by atoms with Crippen LogP contribution in [0.1, 0.15) is 54.4 Å². The van der Waals surface area contributed by atoms with Crippen LogP contribution in [0.3, 0.4) is 0 Å². The van der Waals surface area contributed by atoms with E-state index >= 15 is 0 Å². The SMILES string of the molecule is Cc1cc(F)cc2c1c(C(=O)NCC13CCC(CC1)CC3)cn2CCO. The lowest BCUT2D eigenvalue weighted by Crippen LogP contribution is -2.43. The van der Waals surface area contributed by atoms with Gasteiger partial charge in [0.2, 0.25) is 0 Å². The molecule has 0 radical (unpaired) electrons. The number of amides is 1. The van der Waals surface area contributed by atoms with Gasteiger partial charge in [0.15, 0.2) is 0 Å². The second-order valence-electron chi connectivity index (χ2n) is 8.24. The van der Waals surface area contributed by atoms with Gasteiger partial charge in [-0.15, -0.1) is 0 Å². The van der Waals surface area contributed by atoms with Gasteiger partial charge in [0.05, 0.1) is 17.7 Å². The number of benzene rings is 1. The molecule has 1 aromatic heterocycles. The van der Waals surface area contributed by atoms with Gasteiger partial charge in [0.1, 0.15) is 5.82 Å². The Hall–Kier alpha value is -1.88. The van der Waals surface area contributed by atoms with Gasteiger partial charge in [-0.05, 0) is 74.5 Å². The molecule has 3 fully saturated rings. The summed E-state index contributed by atoms with van der Waals surface area (Å²) in [6, 6.07) is 2.90. The lowest BCUT2D eigenvalue weighted by atomic mass is 9.61. The van der Waals surface area contributed by atoms with Crippen LogP contribution in [0.2, 0.25) is 0 Å². The summed E-state index contributed by atoms with van der Waals surface area (Å²) in [7, 11) is 0. The van der Waals surface area contributed by atoms with Crippen LogP contribution < -0.4 is 5.32 Å². The Kier molecular flexibility index (Phi) is 4.51. The van der Waals surface area contributed by atoms with Crippen LogP contribution in [-0.2, 0) is 6.54 Å². The van der Waals surface area contributed by atoms with Crippen molar-refractivity contribution < 1.29 is 14.3 Å². The molecular formula is C21H27FN2O2. The molecule has 0 aliphatic heterocycles. The van der Waals surface area contributed by atoms with Crippen LogP contribution in [0.15, 0.2) is 18.3 Å². The van der Waals surface area contributed by atoms with Crippen molar-refractivity contribution in [3.05, 3.63) is 35.3 Å². The minimum absolute atomic E-state index is 0.0509. The van der Waals surface area contributed by atoms with Crippen LogP contribution in [0.25, 0.3) is 10.9 Å². The standard InChI is InChI=1S/C21H27FN2O2/c1-14-10-16(22)11-18-19(14)17(12-24(18)8-9-25)20(26)23-13-21-5-2-15(3-6-21)4-7-21/h10-12,15,25H,2-9,13H2,1H3,(H,23,26). The van der Waals surface area contributed by atoms with Crippen LogP contribution in [0, 0.1) is 24.1 Å². The van der Waals surface area contributed by atoms with Crippen LogP contribution >= 0.6 is 0 Å². The zero-order chi connectivity index (χ0) is 18.3. The number of carbonyl (C=O) groups is 1. The first kappa shape index (κ1) is 17.5. The average Bonchev–Trinajstić information content (AvgIpc) is 3.00. The number of aliphatic hydroxyl groups is 1. The predicted octanol–water partition coefficient (Wildman–Crippen LogP) is 3.78. The number of carbonyl (C=O) groups excluding carboxylic acids is 1. The highest BCUT2D eigenvalue weighted by atomic mass is 19.1. The molecule has 3 aliphatic carbocycles. The van der Waals surface area contributed by atoms with E-state index in [4.69, 9.17) is 0 Å². The maximum Gasteiger partial charge on any atom is 0.253 e. The van der Waals surface area contributed by atoms with Gasteiger partial charge in [-0.3, -0.25) is 4.79 Å². The Morgan fingerprint density at radius 2 is 2.00 bits per heavy atom. The van der Waals surface area contributed by atoms with E-state index in [9.17, 15) is 14.3 Å². The predicted molar refractivity (Wildman–Crippen MR) is 99.7 cm³/mol. The van der Waals surface area contributed by atoms with E-state index in [2.05, 4.69) is 5.32 Å². The van der Waals surface area contributed by atoms with E-state index in [-0.39, 0.29) is 23.7 Å². The first-order valence-electron chi connectivity index (χ1n) is 9.69. The van der Waals surface area contributed by atoms with Crippen LogP contribution in [-0.4, -0.2) is 28.7 Å². The van der Waals surface area contributed by atoms with Crippen LogP contribution in [0.5, 0.6) is 0 Å². The third-order valence-electron chi connectivity index (χ3n) is 6.60. The minimum Gasteiger partial charge on any atom is -0.395 e. The maximum absolute atomic E-state index is 13.8. The maximum atomic E-state index is 13.8. The zero-order valence-corrected chi connectivity index (χ0v) is 15.4. The van der Waals surface area contributed by atoms with Crippen molar-refractivity contribution >= 4 is 16.8 Å². The van der Waals surface area contributed by atoms with Gasteiger partial charge < -0.3 is 15.0 Å². The normalized spacial score (nSPS) is 25.0. The van der Waals surface area contributed by atoms with Crippen molar-refractivity contribution in [3.63, 3.8) is 0 Å². The average molecular weight is 358 g/mol. The molecular weight excluding hydrogens is 331 g/mol. The zero-order valence-electron chi connectivity index (χ0n) is 15.4. The number of nitrogens with zero attached hydrogens (tertiary/aromatic N) is 1. The van der Waals surface area contributed by atoms with Gasteiger partial charge >= 0.3 is 0 Å². The lowest BCUT2D eigenvalue weighted by molar-refractivity contribution is 0.0598. The summed E-state index contributed by atoms with van der Waals surface area (Å²) in [4.78, 5) is 12.9. The molecule has 1 heterocycles. The summed E-state index contributed by atoms with van der Waals surface area (Å²) < 4.78 is 15.6. The van der Waals surface area contributed by atoms with E-state index in [0.717, 1.165) is 23.4 Å². The molecule has 2 bridgehead atoms. The van der Waals surface area contributed by atoms with Crippen molar-refractivity contribution in [2.75, 3.05) is 13.2 Å². The third kappa shape index (κ3) is 3.02. The molecule has 3 saturated carbocycles. The monoisotopic (exact) mass is 358 g/mol. The van der Waals surface area contributed by atoms with E-state index in [0.29, 0.717) is 17.6 Å². The Morgan fingerprint density at radius 3 is 2.65 bits per heavy atom. The molecule has 0 spiro atoms. The number of rotatable bonds is 5. The molecule has 2 aromatic rings. The fourth-order valence-corrected chi connectivity index (χ4v) is 5.02. The quantitative estimate of drug-likeness (QED) is 0.855. The highest BCUT2D eigenvalue weighted by Gasteiger charge is 2.40. The number of hydrogen-bond donors (Lipinski definition) is 2. The van der Waals surface area contributed by atoms with Crippen molar-refractivity contribution in [1.29, 1.82) is 0 Å². The van der Waals surface area contributed by atoms with Gasteiger partial charge in [0.25, 0.3) is 5.91 Å². The molecule has 1 aromatic carbocycles. The number of aliphatic hydroxyl groups excluding tert-OH is 1. The highest BCUT2D eigenvalue weighted by Crippen LogP contribution is 2.49. The van der Waals surface area contributed by atoms with Crippen LogP contribution in [0.4, 0.5) is 4.39 Å². The molecule has 1 amide bonds. The summed E-state index contributed by atoms with van der Waals surface area (Å²) in [6.45, 7) is 2.85. The smallest absolute Gasteiger partial charge is 0.253 e. The Balaban J connectivity index is 1.60. The second kappa shape index (κ2) is 6.69. The Morgan fingerprint density at radius 1 is 1.31 bits per heavy atom. The van der Waals surface area contributed by atoms with Crippen molar-refractivity contribution in [2.24, 2.45) is 11.3 Å². The number of fused-ring (bicyclic) bond motifs is 4. The molecule has 0 unspecified atom stereocenters.